The van der Waals surface area contributed by atoms with Gasteiger partial charge >= 0.3 is 0 Å². The Labute approximate surface area is 97.8 Å². The third-order valence-electron chi connectivity index (χ3n) is 3.08. The molecule has 0 bridgehead atoms. The first-order valence-electron chi connectivity index (χ1n) is 5.40. The Balaban J connectivity index is 2.27. The Morgan fingerprint density at radius 2 is 2.29 bits per heavy atom. The van der Waals surface area contributed by atoms with E-state index in [1.165, 1.54) is 10.7 Å². The third kappa shape index (κ3) is 1.39. The van der Waals surface area contributed by atoms with E-state index < -0.39 is 0 Å². The molecule has 1 aromatic heterocycles. The van der Waals surface area contributed by atoms with Gasteiger partial charge in [-0.3, -0.25) is 4.68 Å². The Kier molecular flexibility index (Phi) is 2.07. The molecule has 0 unspecified atom stereocenters. The van der Waals surface area contributed by atoms with Crippen LogP contribution in [0.25, 0.3) is 11.1 Å². The molecule has 0 radical (unpaired) electrons. The molecule has 0 saturated carbocycles. The number of hydrogen-bond acceptors (Lipinski definition) is 3. The van der Waals surface area contributed by atoms with E-state index in [1.807, 2.05) is 0 Å². The van der Waals surface area contributed by atoms with Gasteiger partial charge < -0.3 is 10.5 Å². The molecule has 1 aromatic carbocycles. The lowest BCUT2D eigenvalue weighted by molar-refractivity contribution is 0.356. The summed E-state index contributed by atoms with van der Waals surface area (Å²) in [7, 11) is 1.73. The summed E-state index contributed by atoms with van der Waals surface area (Å²) in [5.41, 5.74) is 7.92. The molecule has 1 aliphatic rings. The minimum atomic E-state index is -0.283. The van der Waals surface area contributed by atoms with Crippen molar-refractivity contribution >= 4 is 5.82 Å². The second-order valence-electron chi connectivity index (χ2n) is 4.06. The Morgan fingerprint density at radius 1 is 1.47 bits per heavy atom. The highest BCUT2D eigenvalue weighted by atomic mass is 19.1. The van der Waals surface area contributed by atoms with Crippen LogP contribution < -0.4 is 10.5 Å². The average molecular weight is 233 g/mol. The number of rotatable bonds is 1. The van der Waals surface area contributed by atoms with Crippen LogP contribution in [0.1, 0.15) is 5.56 Å². The summed E-state index contributed by atoms with van der Waals surface area (Å²) in [6, 6.07) is 3.07. The molecule has 3 rings (SSSR count). The molecule has 2 N–H and O–H groups in total. The highest BCUT2D eigenvalue weighted by Crippen LogP contribution is 2.38. The number of anilines is 1. The molecule has 88 valence electrons. The Bertz CT molecular complexity index is 592. The van der Waals surface area contributed by atoms with E-state index in [2.05, 4.69) is 5.10 Å². The van der Waals surface area contributed by atoms with Crippen molar-refractivity contribution in [3.8, 4) is 16.9 Å². The first kappa shape index (κ1) is 10.1. The van der Waals surface area contributed by atoms with E-state index in [1.54, 1.807) is 19.3 Å². The zero-order chi connectivity index (χ0) is 12.0. The standard InChI is InChI=1S/C12H12FN3O/c1-16-12(14)8(6-15-16)11-7-4-5-17-10(7)3-2-9(11)13/h2-3,6H,4-5,14H2,1H3. The van der Waals surface area contributed by atoms with Crippen LogP contribution in [0.5, 0.6) is 5.75 Å². The molecule has 2 aromatic rings. The quantitative estimate of drug-likeness (QED) is 0.816. The summed E-state index contributed by atoms with van der Waals surface area (Å²) in [6.45, 7) is 0.589. The summed E-state index contributed by atoms with van der Waals surface area (Å²) in [5.74, 6) is 0.919. The Morgan fingerprint density at radius 3 is 3.00 bits per heavy atom. The topological polar surface area (TPSA) is 53.1 Å². The lowest BCUT2D eigenvalue weighted by Gasteiger charge is -2.08. The van der Waals surface area contributed by atoms with E-state index in [0.717, 1.165) is 11.3 Å². The number of benzene rings is 1. The minimum Gasteiger partial charge on any atom is -0.493 e. The van der Waals surface area contributed by atoms with Crippen LogP contribution in [0.4, 0.5) is 10.2 Å². The second kappa shape index (κ2) is 3.48. The number of ether oxygens (including phenoxy) is 1. The maximum absolute atomic E-state index is 14.0. The molecule has 2 heterocycles. The van der Waals surface area contributed by atoms with Crippen molar-refractivity contribution in [3.63, 3.8) is 0 Å². The van der Waals surface area contributed by atoms with Crippen molar-refractivity contribution in [2.75, 3.05) is 12.3 Å². The summed E-state index contributed by atoms with van der Waals surface area (Å²) in [5, 5.41) is 4.04. The molecule has 0 atom stereocenters. The number of nitrogens with two attached hydrogens (primary N) is 1. The SMILES string of the molecule is Cn1ncc(-c2c(F)ccc3c2CCO3)c1N. The van der Waals surface area contributed by atoms with E-state index in [-0.39, 0.29) is 5.82 Å². The van der Waals surface area contributed by atoms with Gasteiger partial charge in [-0.05, 0) is 12.1 Å². The van der Waals surface area contributed by atoms with Crippen molar-refractivity contribution in [3.05, 3.63) is 29.7 Å². The smallest absolute Gasteiger partial charge is 0.131 e. The van der Waals surface area contributed by atoms with Crippen LogP contribution in [0.2, 0.25) is 0 Å². The van der Waals surface area contributed by atoms with E-state index in [0.29, 0.717) is 30.0 Å². The summed E-state index contributed by atoms with van der Waals surface area (Å²) >= 11 is 0. The molecule has 0 fully saturated rings. The monoisotopic (exact) mass is 233 g/mol. The second-order valence-corrected chi connectivity index (χ2v) is 4.06. The molecule has 0 saturated heterocycles. The van der Waals surface area contributed by atoms with Crippen LogP contribution in [0.15, 0.2) is 18.3 Å². The van der Waals surface area contributed by atoms with Crippen LogP contribution in [0, 0.1) is 5.82 Å². The van der Waals surface area contributed by atoms with Gasteiger partial charge in [0.25, 0.3) is 0 Å². The molecule has 0 aliphatic carbocycles. The van der Waals surface area contributed by atoms with Gasteiger partial charge in [0.1, 0.15) is 17.4 Å². The fraction of sp³-hybridized carbons (Fsp3) is 0.250. The van der Waals surface area contributed by atoms with Gasteiger partial charge in [0.2, 0.25) is 0 Å². The van der Waals surface area contributed by atoms with E-state index in [4.69, 9.17) is 10.5 Å². The number of aryl methyl sites for hydroxylation is 1. The molecule has 0 spiro atoms. The minimum absolute atomic E-state index is 0.283. The normalized spacial score (nSPS) is 13.5. The van der Waals surface area contributed by atoms with Crippen molar-refractivity contribution in [2.24, 2.45) is 7.05 Å². The average Bonchev–Trinajstić information content (AvgIpc) is 2.89. The molecule has 1 aliphatic heterocycles. The van der Waals surface area contributed by atoms with Crippen LogP contribution in [-0.4, -0.2) is 16.4 Å². The van der Waals surface area contributed by atoms with E-state index >= 15 is 0 Å². The van der Waals surface area contributed by atoms with Gasteiger partial charge in [-0.2, -0.15) is 5.10 Å². The predicted molar refractivity (Wildman–Crippen MR) is 62.2 cm³/mol. The molecule has 5 heteroatoms. The van der Waals surface area contributed by atoms with Crippen LogP contribution >= 0.6 is 0 Å². The largest absolute Gasteiger partial charge is 0.493 e. The van der Waals surface area contributed by atoms with Crippen LogP contribution in [0.3, 0.4) is 0 Å². The molecular formula is C12H12FN3O. The highest BCUT2D eigenvalue weighted by molar-refractivity contribution is 5.78. The summed E-state index contributed by atoms with van der Waals surface area (Å²) < 4.78 is 20.9. The Hall–Kier alpha value is -2.04. The lowest BCUT2D eigenvalue weighted by atomic mass is 9.99. The van der Waals surface area contributed by atoms with Crippen molar-refractivity contribution in [1.29, 1.82) is 0 Å². The zero-order valence-corrected chi connectivity index (χ0v) is 9.40. The number of aromatic nitrogens is 2. The fourth-order valence-corrected chi connectivity index (χ4v) is 2.18. The predicted octanol–water partition coefficient (Wildman–Crippen LogP) is 1.74. The fourth-order valence-electron chi connectivity index (χ4n) is 2.18. The number of nitrogens with zero attached hydrogens (tertiary/aromatic N) is 2. The third-order valence-corrected chi connectivity index (χ3v) is 3.08. The van der Waals surface area contributed by atoms with Gasteiger partial charge in [0.15, 0.2) is 0 Å². The van der Waals surface area contributed by atoms with Gasteiger partial charge in [0.05, 0.1) is 12.8 Å². The summed E-state index contributed by atoms with van der Waals surface area (Å²) in [4.78, 5) is 0. The highest BCUT2D eigenvalue weighted by Gasteiger charge is 2.23. The number of halogens is 1. The number of nitrogen functional groups attached to an aromatic ring is 1. The summed E-state index contributed by atoms with van der Waals surface area (Å²) in [6.07, 6.45) is 2.29. The van der Waals surface area contributed by atoms with Crippen molar-refractivity contribution in [2.45, 2.75) is 6.42 Å². The molecule has 0 amide bonds. The first-order valence-corrected chi connectivity index (χ1v) is 5.40. The van der Waals surface area contributed by atoms with E-state index in [9.17, 15) is 4.39 Å². The number of hydrogen-bond donors (Lipinski definition) is 1. The maximum Gasteiger partial charge on any atom is 0.131 e. The van der Waals surface area contributed by atoms with Gasteiger partial charge in [-0.1, -0.05) is 0 Å². The number of fused-ring (bicyclic) bond motifs is 1. The van der Waals surface area contributed by atoms with Crippen molar-refractivity contribution < 1.29 is 9.13 Å². The van der Waals surface area contributed by atoms with Crippen molar-refractivity contribution in [1.82, 2.24) is 9.78 Å². The van der Waals surface area contributed by atoms with Gasteiger partial charge in [0, 0.05) is 30.2 Å². The van der Waals surface area contributed by atoms with Gasteiger partial charge in [-0.15, -0.1) is 0 Å². The van der Waals surface area contributed by atoms with Crippen LogP contribution in [-0.2, 0) is 13.5 Å². The first-order chi connectivity index (χ1) is 8.18. The van der Waals surface area contributed by atoms with Gasteiger partial charge in [-0.25, -0.2) is 4.39 Å². The molecular weight excluding hydrogens is 221 g/mol. The molecule has 4 nitrogen and oxygen atoms in total. The zero-order valence-electron chi connectivity index (χ0n) is 9.40. The molecule has 17 heavy (non-hydrogen) atoms. The maximum atomic E-state index is 14.0. The lowest BCUT2D eigenvalue weighted by Crippen LogP contribution is -1.99.